The number of hydrogen-bond acceptors (Lipinski definition) is 6. The van der Waals surface area contributed by atoms with E-state index in [1.807, 2.05) is 0 Å². The highest BCUT2D eigenvalue weighted by Gasteiger charge is 2.33. The summed E-state index contributed by atoms with van der Waals surface area (Å²) < 4.78 is 44.3. The van der Waals surface area contributed by atoms with Crippen LogP contribution in [0.3, 0.4) is 0 Å². The van der Waals surface area contributed by atoms with Gasteiger partial charge in [-0.15, -0.1) is 29.9 Å². The Bertz CT molecular complexity index is 805. The van der Waals surface area contributed by atoms with E-state index in [-0.39, 0.29) is 41.7 Å². The van der Waals surface area contributed by atoms with Gasteiger partial charge in [0.25, 0.3) is 5.91 Å². The minimum absolute atomic E-state index is 0. The largest absolute Gasteiger partial charge is 0.417 e. The number of halogens is 5. The molecule has 1 aliphatic heterocycles. The molecular formula is C17H23Cl2F3N6O2. The highest BCUT2D eigenvalue weighted by atomic mass is 35.5. The number of nitrogens with one attached hydrogen (secondary N) is 2. The topological polar surface area (TPSA) is 94.0 Å². The Balaban J connectivity index is 0.00000225. The van der Waals surface area contributed by atoms with Crippen LogP contribution in [-0.2, 0) is 10.9 Å². The summed E-state index contributed by atoms with van der Waals surface area (Å²) in [5.41, 5.74) is -0.941. The molecule has 1 saturated heterocycles. The van der Waals surface area contributed by atoms with Crippen LogP contribution in [0.5, 0.6) is 0 Å². The number of alkyl halides is 3. The third-order valence-electron chi connectivity index (χ3n) is 4.77. The lowest BCUT2D eigenvalue weighted by molar-refractivity contribution is -0.137. The van der Waals surface area contributed by atoms with Crippen molar-refractivity contribution in [1.82, 2.24) is 30.6 Å². The van der Waals surface area contributed by atoms with E-state index in [1.54, 1.807) is 7.11 Å². The molecule has 0 aliphatic carbocycles. The fourth-order valence-electron chi connectivity index (χ4n) is 3.16. The van der Waals surface area contributed by atoms with Crippen LogP contribution in [0.4, 0.5) is 13.2 Å². The van der Waals surface area contributed by atoms with Gasteiger partial charge >= 0.3 is 6.18 Å². The van der Waals surface area contributed by atoms with Gasteiger partial charge in [-0.25, -0.2) is 9.67 Å². The molecule has 0 spiro atoms. The van der Waals surface area contributed by atoms with E-state index in [2.05, 4.69) is 25.9 Å². The molecule has 13 heteroatoms. The van der Waals surface area contributed by atoms with E-state index in [0.717, 1.165) is 36.7 Å². The summed E-state index contributed by atoms with van der Waals surface area (Å²) >= 11 is 0. The SMILES string of the molecule is COCC1(CNC(=O)c2cn(-c3ccc(C(F)(F)F)cn3)nn2)CCNCC1.Cl.Cl. The van der Waals surface area contributed by atoms with Crippen LogP contribution in [0.25, 0.3) is 5.82 Å². The van der Waals surface area contributed by atoms with Gasteiger partial charge in [-0.05, 0) is 38.1 Å². The molecule has 1 aliphatic rings. The minimum atomic E-state index is -4.47. The van der Waals surface area contributed by atoms with Gasteiger partial charge in [-0.2, -0.15) is 13.2 Å². The van der Waals surface area contributed by atoms with Crippen LogP contribution in [0.1, 0.15) is 28.9 Å². The molecule has 8 nitrogen and oxygen atoms in total. The highest BCUT2D eigenvalue weighted by molar-refractivity contribution is 5.91. The average molecular weight is 471 g/mol. The third-order valence-corrected chi connectivity index (χ3v) is 4.77. The first kappa shape index (κ1) is 26.1. The molecule has 3 heterocycles. The number of ether oxygens (including phenoxy) is 1. The Morgan fingerprint density at radius 2 is 2.00 bits per heavy atom. The van der Waals surface area contributed by atoms with E-state index in [4.69, 9.17) is 4.74 Å². The van der Waals surface area contributed by atoms with Crippen LogP contribution in [0, 0.1) is 5.41 Å². The number of nitrogens with zero attached hydrogens (tertiary/aromatic N) is 4. The average Bonchev–Trinajstić information content (AvgIpc) is 3.17. The lowest BCUT2D eigenvalue weighted by atomic mass is 9.79. The molecule has 0 aromatic carbocycles. The van der Waals surface area contributed by atoms with Crippen molar-refractivity contribution in [3.05, 3.63) is 35.8 Å². The third kappa shape index (κ3) is 6.27. The highest BCUT2D eigenvalue weighted by Crippen LogP contribution is 2.29. The number of hydrogen-bond donors (Lipinski definition) is 2. The number of carbonyl (C=O) groups is 1. The molecule has 1 amide bonds. The second-order valence-corrected chi connectivity index (χ2v) is 6.82. The quantitative estimate of drug-likeness (QED) is 0.672. The summed E-state index contributed by atoms with van der Waals surface area (Å²) in [6.07, 6.45) is -0.670. The maximum Gasteiger partial charge on any atom is 0.417 e. The summed E-state index contributed by atoms with van der Waals surface area (Å²) in [7, 11) is 1.63. The summed E-state index contributed by atoms with van der Waals surface area (Å²) in [5, 5.41) is 13.7. The first-order valence-corrected chi connectivity index (χ1v) is 8.77. The molecule has 0 saturated carbocycles. The van der Waals surface area contributed by atoms with Gasteiger partial charge < -0.3 is 15.4 Å². The number of carbonyl (C=O) groups excluding carboxylic acids is 1. The lowest BCUT2D eigenvalue weighted by Gasteiger charge is -2.37. The van der Waals surface area contributed by atoms with Crippen LogP contribution < -0.4 is 10.6 Å². The van der Waals surface area contributed by atoms with Gasteiger partial charge in [-0.1, -0.05) is 5.21 Å². The summed E-state index contributed by atoms with van der Waals surface area (Å²) in [5.74, 6) is -0.277. The van der Waals surface area contributed by atoms with E-state index >= 15 is 0 Å². The molecule has 0 unspecified atom stereocenters. The van der Waals surface area contributed by atoms with Crippen LogP contribution in [0.15, 0.2) is 24.5 Å². The normalized spacial score (nSPS) is 15.6. The maximum atomic E-state index is 12.6. The van der Waals surface area contributed by atoms with Crippen molar-refractivity contribution in [3.8, 4) is 5.82 Å². The Hall–Kier alpha value is -1.95. The number of amides is 1. The number of methoxy groups -OCH3 is 1. The zero-order valence-corrected chi connectivity index (χ0v) is 17.7. The number of aromatic nitrogens is 4. The van der Waals surface area contributed by atoms with E-state index < -0.39 is 17.6 Å². The Morgan fingerprint density at radius 1 is 1.30 bits per heavy atom. The monoisotopic (exact) mass is 470 g/mol. The summed E-state index contributed by atoms with van der Waals surface area (Å²) in [6, 6.07) is 2.07. The molecule has 2 aromatic rings. The van der Waals surface area contributed by atoms with Crippen molar-refractivity contribution in [2.24, 2.45) is 5.41 Å². The molecule has 2 aromatic heterocycles. The standard InChI is InChI=1S/C17H21F3N6O2.2ClH/c1-28-11-16(4-6-21-7-5-16)10-23-15(27)13-9-26(25-24-13)14-3-2-12(8-22-14)17(18,19)20;;/h2-3,8-9,21H,4-7,10-11H2,1H3,(H,23,27);2*1H. The van der Waals surface area contributed by atoms with Crippen molar-refractivity contribution in [2.45, 2.75) is 19.0 Å². The smallest absolute Gasteiger partial charge is 0.384 e. The number of piperidine rings is 1. The summed E-state index contributed by atoms with van der Waals surface area (Å²) in [6.45, 7) is 2.69. The van der Waals surface area contributed by atoms with Crippen LogP contribution in [0.2, 0.25) is 0 Å². The van der Waals surface area contributed by atoms with Crippen molar-refractivity contribution < 1.29 is 22.7 Å². The van der Waals surface area contributed by atoms with Crippen LogP contribution >= 0.6 is 24.8 Å². The van der Waals surface area contributed by atoms with Crippen molar-refractivity contribution >= 4 is 30.7 Å². The summed E-state index contributed by atoms with van der Waals surface area (Å²) in [4.78, 5) is 16.1. The molecule has 2 N–H and O–H groups in total. The fraction of sp³-hybridized carbons (Fsp3) is 0.529. The molecule has 1 fully saturated rings. The van der Waals surface area contributed by atoms with E-state index in [0.29, 0.717) is 19.3 Å². The second-order valence-electron chi connectivity index (χ2n) is 6.82. The van der Waals surface area contributed by atoms with E-state index in [1.165, 1.54) is 12.3 Å². The maximum absolute atomic E-state index is 12.6. The van der Waals surface area contributed by atoms with Gasteiger partial charge in [0.1, 0.15) is 0 Å². The second kappa shape index (κ2) is 10.9. The number of rotatable bonds is 6. The van der Waals surface area contributed by atoms with Gasteiger partial charge in [-0.3, -0.25) is 4.79 Å². The van der Waals surface area contributed by atoms with Gasteiger partial charge in [0, 0.05) is 25.3 Å². The van der Waals surface area contributed by atoms with Crippen LogP contribution in [-0.4, -0.2) is 59.2 Å². The predicted molar refractivity (Wildman–Crippen MR) is 107 cm³/mol. The number of pyridine rings is 1. The van der Waals surface area contributed by atoms with Crippen molar-refractivity contribution in [1.29, 1.82) is 0 Å². The lowest BCUT2D eigenvalue weighted by Crippen LogP contribution is -2.47. The molecule has 30 heavy (non-hydrogen) atoms. The van der Waals surface area contributed by atoms with Gasteiger partial charge in [0.2, 0.25) is 0 Å². The van der Waals surface area contributed by atoms with Crippen molar-refractivity contribution in [2.75, 3.05) is 33.4 Å². The minimum Gasteiger partial charge on any atom is -0.384 e. The molecule has 0 bridgehead atoms. The Labute approximate surface area is 183 Å². The molecule has 0 atom stereocenters. The van der Waals surface area contributed by atoms with Crippen molar-refractivity contribution in [3.63, 3.8) is 0 Å². The predicted octanol–water partition coefficient (Wildman–Crippen LogP) is 2.27. The Morgan fingerprint density at radius 3 is 2.57 bits per heavy atom. The van der Waals surface area contributed by atoms with Gasteiger partial charge in [0.05, 0.1) is 18.4 Å². The Kier molecular flexibility index (Phi) is 9.47. The first-order chi connectivity index (χ1) is 13.3. The molecule has 168 valence electrons. The zero-order chi connectivity index (χ0) is 20.2. The van der Waals surface area contributed by atoms with Gasteiger partial charge in [0.15, 0.2) is 11.5 Å². The molecular weight excluding hydrogens is 448 g/mol. The molecule has 3 rings (SSSR count). The zero-order valence-electron chi connectivity index (χ0n) is 16.1. The van der Waals surface area contributed by atoms with E-state index in [9.17, 15) is 18.0 Å². The molecule has 0 radical (unpaired) electrons. The fourth-order valence-corrected chi connectivity index (χ4v) is 3.16. The first-order valence-electron chi connectivity index (χ1n) is 8.77.